The number of cyclic esters (lactones) is 2. The molecule has 0 aromatic heterocycles. The molecule has 0 aromatic rings. The maximum absolute atomic E-state index is 12.3. The van der Waals surface area contributed by atoms with Gasteiger partial charge in [-0.1, -0.05) is 13.5 Å². The standard InChI is InChI=1S/C18H26O6/c1-8-17(6)10-18(7,15(22)24-14(17)21)9-16(4,5)13(20)23-12(19)11(2)3/h2,8-10H2,1,3-7H3. The van der Waals surface area contributed by atoms with E-state index in [1.165, 1.54) is 6.92 Å². The van der Waals surface area contributed by atoms with Crippen LogP contribution in [0.2, 0.25) is 0 Å². The van der Waals surface area contributed by atoms with Gasteiger partial charge in [0.2, 0.25) is 0 Å². The lowest BCUT2D eigenvalue weighted by molar-refractivity contribution is -0.187. The van der Waals surface area contributed by atoms with Crippen molar-refractivity contribution in [1.82, 2.24) is 0 Å². The van der Waals surface area contributed by atoms with Crippen molar-refractivity contribution >= 4 is 23.9 Å². The lowest BCUT2D eigenvalue weighted by Crippen LogP contribution is -2.50. The van der Waals surface area contributed by atoms with Crippen LogP contribution >= 0.6 is 0 Å². The molecule has 2 atom stereocenters. The van der Waals surface area contributed by atoms with E-state index in [4.69, 9.17) is 9.47 Å². The molecule has 6 nitrogen and oxygen atoms in total. The van der Waals surface area contributed by atoms with E-state index >= 15 is 0 Å². The van der Waals surface area contributed by atoms with Gasteiger partial charge in [0, 0.05) is 5.57 Å². The summed E-state index contributed by atoms with van der Waals surface area (Å²) >= 11 is 0. The van der Waals surface area contributed by atoms with Crippen molar-refractivity contribution in [1.29, 1.82) is 0 Å². The molecular weight excluding hydrogens is 312 g/mol. The molecule has 1 saturated heterocycles. The number of ether oxygens (including phenoxy) is 2. The molecule has 0 N–H and O–H groups in total. The van der Waals surface area contributed by atoms with Crippen LogP contribution in [-0.4, -0.2) is 23.9 Å². The van der Waals surface area contributed by atoms with Gasteiger partial charge in [0.05, 0.1) is 16.2 Å². The second-order valence-electron chi connectivity index (χ2n) is 7.85. The van der Waals surface area contributed by atoms with Gasteiger partial charge in [-0.05, 0) is 53.9 Å². The fourth-order valence-electron chi connectivity index (χ4n) is 3.10. The predicted molar refractivity (Wildman–Crippen MR) is 86.5 cm³/mol. The van der Waals surface area contributed by atoms with Crippen LogP contribution in [0.4, 0.5) is 0 Å². The van der Waals surface area contributed by atoms with Crippen LogP contribution in [0.3, 0.4) is 0 Å². The van der Waals surface area contributed by atoms with Crippen molar-refractivity contribution in [3.05, 3.63) is 12.2 Å². The van der Waals surface area contributed by atoms with Crippen molar-refractivity contribution in [3.8, 4) is 0 Å². The highest BCUT2D eigenvalue weighted by Crippen LogP contribution is 2.48. The summed E-state index contributed by atoms with van der Waals surface area (Å²) in [6.45, 7) is 13.3. The van der Waals surface area contributed by atoms with Crippen LogP contribution in [-0.2, 0) is 28.7 Å². The SMILES string of the molecule is C=C(C)C(=O)OC(=O)C(C)(C)CC1(C)CC(C)(CC)C(=O)OC1=O. The first-order valence-electron chi connectivity index (χ1n) is 7.96. The average Bonchev–Trinajstić information content (AvgIpc) is 2.44. The molecule has 0 spiro atoms. The predicted octanol–water partition coefficient (Wildman–Crippen LogP) is 2.94. The summed E-state index contributed by atoms with van der Waals surface area (Å²) in [6, 6.07) is 0. The van der Waals surface area contributed by atoms with Gasteiger partial charge >= 0.3 is 23.9 Å². The minimum Gasteiger partial charge on any atom is -0.392 e. The molecule has 0 aromatic carbocycles. The van der Waals surface area contributed by atoms with Crippen LogP contribution in [0, 0.1) is 16.2 Å². The average molecular weight is 338 g/mol. The van der Waals surface area contributed by atoms with Gasteiger partial charge in [0.15, 0.2) is 0 Å². The molecule has 1 fully saturated rings. The number of esters is 4. The van der Waals surface area contributed by atoms with Crippen molar-refractivity contribution in [2.45, 2.75) is 60.8 Å². The molecule has 0 aliphatic carbocycles. The van der Waals surface area contributed by atoms with Gasteiger partial charge in [-0.15, -0.1) is 0 Å². The Bertz CT molecular complexity index is 603. The number of hydrogen-bond donors (Lipinski definition) is 0. The van der Waals surface area contributed by atoms with E-state index in [0.29, 0.717) is 6.42 Å². The summed E-state index contributed by atoms with van der Waals surface area (Å²) < 4.78 is 9.74. The fourth-order valence-corrected chi connectivity index (χ4v) is 3.10. The molecule has 24 heavy (non-hydrogen) atoms. The number of rotatable bonds is 5. The van der Waals surface area contributed by atoms with Crippen LogP contribution in [0.5, 0.6) is 0 Å². The van der Waals surface area contributed by atoms with E-state index in [1.807, 2.05) is 6.92 Å². The van der Waals surface area contributed by atoms with Crippen molar-refractivity contribution in [2.75, 3.05) is 0 Å². The summed E-state index contributed by atoms with van der Waals surface area (Å²) in [4.78, 5) is 48.1. The van der Waals surface area contributed by atoms with Gasteiger partial charge in [0.25, 0.3) is 0 Å². The Morgan fingerprint density at radius 1 is 1.21 bits per heavy atom. The fraction of sp³-hybridized carbons (Fsp3) is 0.667. The third kappa shape index (κ3) is 3.91. The van der Waals surface area contributed by atoms with Crippen LogP contribution in [0.25, 0.3) is 0 Å². The summed E-state index contributed by atoms with van der Waals surface area (Å²) in [5.41, 5.74) is -2.79. The highest BCUT2D eigenvalue weighted by molar-refractivity contribution is 5.98. The minimum absolute atomic E-state index is 0.101. The maximum atomic E-state index is 12.3. The summed E-state index contributed by atoms with van der Waals surface area (Å²) in [5, 5.41) is 0. The topological polar surface area (TPSA) is 86.7 Å². The molecule has 0 saturated carbocycles. The smallest absolute Gasteiger partial charge is 0.340 e. The molecule has 0 bridgehead atoms. The van der Waals surface area contributed by atoms with Gasteiger partial charge in [-0.3, -0.25) is 14.4 Å². The Kier molecular flexibility index (Phi) is 5.43. The van der Waals surface area contributed by atoms with Crippen LogP contribution < -0.4 is 0 Å². The van der Waals surface area contributed by atoms with E-state index in [1.54, 1.807) is 27.7 Å². The first kappa shape index (κ1) is 20.1. The maximum Gasteiger partial charge on any atom is 0.340 e. The molecular formula is C18H26O6. The Morgan fingerprint density at radius 3 is 2.17 bits per heavy atom. The molecule has 2 unspecified atom stereocenters. The molecule has 6 heteroatoms. The highest BCUT2D eigenvalue weighted by atomic mass is 16.6. The Morgan fingerprint density at radius 2 is 1.71 bits per heavy atom. The first-order valence-corrected chi connectivity index (χ1v) is 7.96. The second-order valence-corrected chi connectivity index (χ2v) is 7.85. The minimum atomic E-state index is -1.10. The Hall–Kier alpha value is -1.98. The summed E-state index contributed by atoms with van der Waals surface area (Å²) in [6.07, 6.45) is 0.900. The normalized spacial score (nSPS) is 27.4. The molecule has 134 valence electrons. The number of carbonyl (C=O) groups excluding carboxylic acids is 4. The van der Waals surface area contributed by atoms with E-state index < -0.39 is 40.1 Å². The van der Waals surface area contributed by atoms with Crippen LogP contribution in [0.1, 0.15) is 60.8 Å². The van der Waals surface area contributed by atoms with E-state index in [9.17, 15) is 19.2 Å². The third-order valence-electron chi connectivity index (χ3n) is 4.65. The quantitative estimate of drug-likeness (QED) is 0.435. The molecule has 0 amide bonds. The zero-order chi connectivity index (χ0) is 18.9. The van der Waals surface area contributed by atoms with Crippen LogP contribution in [0.15, 0.2) is 12.2 Å². The summed E-state index contributed by atoms with van der Waals surface area (Å²) in [7, 11) is 0. The van der Waals surface area contributed by atoms with Crippen molar-refractivity contribution in [2.24, 2.45) is 16.2 Å². The Labute approximate surface area is 142 Å². The van der Waals surface area contributed by atoms with E-state index in [0.717, 1.165) is 0 Å². The largest absolute Gasteiger partial charge is 0.392 e. The highest BCUT2D eigenvalue weighted by Gasteiger charge is 2.54. The molecule has 1 aliphatic rings. The summed E-state index contributed by atoms with van der Waals surface area (Å²) in [5.74, 6) is -2.71. The van der Waals surface area contributed by atoms with Crippen molar-refractivity contribution in [3.63, 3.8) is 0 Å². The van der Waals surface area contributed by atoms with Gasteiger partial charge in [0.1, 0.15) is 0 Å². The molecule has 0 radical (unpaired) electrons. The van der Waals surface area contributed by atoms with Gasteiger partial charge in [-0.25, -0.2) is 4.79 Å². The molecule has 1 heterocycles. The third-order valence-corrected chi connectivity index (χ3v) is 4.65. The lowest BCUT2D eigenvalue weighted by atomic mass is 9.64. The van der Waals surface area contributed by atoms with E-state index in [2.05, 4.69) is 6.58 Å². The molecule has 1 aliphatic heterocycles. The van der Waals surface area contributed by atoms with Gasteiger partial charge < -0.3 is 9.47 Å². The van der Waals surface area contributed by atoms with E-state index in [-0.39, 0.29) is 18.4 Å². The van der Waals surface area contributed by atoms with Gasteiger partial charge in [-0.2, -0.15) is 0 Å². The second kappa shape index (κ2) is 6.49. The number of hydrogen-bond acceptors (Lipinski definition) is 6. The number of carbonyl (C=O) groups is 4. The van der Waals surface area contributed by atoms with Crippen molar-refractivity contribution < 1.29 is 28.7 Å². The monoisotopic (exact) mass is 338 g/mol. The Balaban J connectivity index is 3.01. The first-order chi connectivity index (χ1) is 10.8. The zero-order valence-corrected chi connectivity index (χ0v) is 15.3. The molecule has 1 rings (SSSR count). The lowest BCUT2D eigenvalue weighted by Gasteiger charge is -2.43. The zero-order valence-electron chi connectivity index (χ0n) is 15.3.